The molecule has 0 aliphatic carbocycles. The molecular formula is C14H19N3O2. The Bertz CT molecular complexity index is 525. The van der Waals surface area contributed by atoms with E-state index in [9.17, 15) is 0 Å². The highest BCUT2D eigenvalue weighted by Gasteiger charge is 2.17. The second kappa shape index (κ2) is 6.36. The Balaban J connectivity index is 2.26. The maximum Gasteiger partial charge on any atom is 0.137 e. The number of nitrogens with one attached hydrogen (secondary N) is 1. The fraction of sp³-hybridized carbons (Fsp3) is 0.357. The van der Waals surface area contributed by atoms with Crippen molar-refractivity contribution in [3.05, 3.63) is 47.7 Å². The number of hydrogen-bond donors (Lipinski definition) is 2. The molecule has 0 aliphatic heterocycles. The summed E-state index contributed by atoms with van der Waals surface area (Å²) < 4.78 is 10.9. The van der Waals surface area contributed by atoms with Crippen LogP contribution >= 0.6 is 0 Å². The fourth-order valence-corrected chi connectivity index (χ4v) is 1.95. The maximum absolute atomic E-state index is 5.65. The summed E-state index contributed by atoms with van der Waals surface area (Å²) in [6.45, 7) is 4.65. The molecule has 0 spiro atoms. The first kappa shape index (κ1) is 13.6. The van der Waals surface area contributed by atoms with Crippen molar-refractivity contribution in [2.24, 2.45) is 5.84 Å². The lowest BCUT2D eigenvalue weighted by Gasteiger charge is -2.16. The van der Waals surface area contributed by atoms with E-state index in [-0.39, 0.29) is 6.04 Å². The van der Waals surface area contributed by atoms with Gasteiger partial charge in [-0.2, -0.15) is 0 Å². The molecule has 2 rings (SSSR count). The van der Waals surface area contributed by atoms with Gasteiger partial charge in [-0.05, 0) is 31.0 Å². The van der Waals surface area contributed by atoms with Crippen molar-refractivity contribution >= 4 is 0 Å². The molecule has 0 aliphatic rings. The van der Waals surface area contributed by atoms with Crippen LogP contribution in [0.25, 0.3) is 0 Å². The summed E-state index contributed by atoms with van der Waals surface area (Å²) in [6.07, 6.45) is 6.09. The molecule has 2 aromatic rings. The third-order valence-electron chi connectivity index (χ3n) is 2.92. The van der Waals surface area contributed by atoms with Gasteiger partial charge in [-0.15, -0.1) is 0 Å². The monoisotopic (exact) mass is 261 g/mol. The third-order valence-corrected chi connectivity index (χ3v) is 2.92. The van der Waals surface area contributed by atoms with E-state index in [2.05, 4.69) is 17.3 Å². The van der Waals surface area contributed by atoms with Crippen molar-refractivity contribution in [3.8, 4) is 5.75 Å². The molecule has 5 heteroatoms. The van der Waals surface area contributed by atoms with Gasteiger partial charge in [0, 0.05) is 11.8 Å². The molecule has 0 bridgehead atoms. The molecule has 1 atom stereocenters. The van der Waals surface area contributed by atoms with E-state index in [1.165, 1.54) is 0 Å². The summed E-state index contributed by atoms with van der Waals surface area (Å²) in [6, 6.07) is 3.69. The van der Waals surface area contributed by atoms with Crippen LogP contribution in [-0.4, -0.2) is 11.6 Å². The lowest BCUT2D eigenvalue weighted by molar-refractivity contribution is 0.315. The number of pyridine rings is 1. The van der Waals surface area contributed by atoms with Crippen molar-refractivity contribution < 1.29 is 9.15 Å². The third kappa shape index (κ3) is 3.13. The fourth-order valence-electron chi connectivity index (χ4n) is 1.95. The van der Waals surface area contributed by atoms with Crippen molar-refractivity contribution in [3.63, 3.8) is 0 Å². The highest BCUT2D eigenvalue weighted by Crippen LogP contribution is 2.26. The highest BCUT2D eigenvalue weighted by atomic mass is 16.5. The van der Waals surface area contributed by atoms with Crippen LogP contribution in [0.2, 0.25) is 0 Å². The quantitative estimate of drug-likeness (QED) is 0.616. The van der Waals surface area contributed by atoms with Crippen molar-refractivity contribution in [1.82, 2.24) is 10.4 Å². The van der Waals surface area contributed by atoms with E-state index >= 15 is 0 Å². The summed E-state index contributed by atoms with van der Waals surface area (Å²) in [5.41, 5.74) is 4.73. The zero-order chi connectivity index (χ0) is 13.7. The Morgan fingerprint density at radius 1 is 1.47 bits per heavy atom. The predicted molar refractivity (Wildman–Crippen MR) is 72.6 cm³/mol. The Morgan fingerprint density at radius 2 is 2.32 bits per heavy atom. The summed E-state index contributed by atoms with van der Waals surface area (Å²) in [7, 11) is 0. The minimum absolute atomic E-state index is 0.156. The lowest BCUT2D eigenvalue weighted by Crippen LogP contribution is -2.29. The number of ether oxygens (including phenoxy) is 1. The van der Waals surface area contributed by atoms with Crippen LogP contribution in [0, 0.1) is 6.92 Å². The van der Waals surface area contributed by atoms with E-state index in [0.717, 1.165) is 29.1 Å². The van der Waals surface area contributed by atoms with E-state index < -0.39 is 0 Å². The number of nitrogens with zero attached hydrogens (tertiary/aromatic N) is 1. The normalized spacial score (nSPS) is 12.4. The van der Waals surface area contributed by atoms with Crippen LogP contribution < -0.4 is 16.0 Å². The van der Waals surface area contributed by atoms with Crippen LogP contribution in [-0.2, 0) is 0 Å². The summed E-state index contributed by atoms with van der Waals surface area (Å²) in [4.78, 5) is 4.19. The van der Waals surface area contributed by atoms with Gasteiger partial charge in [0.05, 0.1) is 25.1 Å². The number of hydrazine groups is 1. The van der Waals surface area contributed by atoms with E-state index in [1.807, 2.05) is 19.1 Å². The highest BCUT2D eigenvalue weighted by molar-refractivity contribution is 5.34. The average Bonchev–Trinajstić information content (AvgIpc) is 2.84. The number of nitrogens with two attached hydrogens (primary N) is 1. The predicted octanol–water partition coefficient (Wildman–Crippen LogP) is 2.32. The number of aromatic nitrogens is 1. The minimum Gasteiger partial charge on any atom is -0.492 e. The second-order valence-corrected chi connectivity index (χ2v) is 4.33. The molecule has 102 valence electrons. The second-order valence-electron chi connectivity index (χ2n) is 4.33. The molecule has 0 fully saturated rings. The first-order valence-corrected chi connectivity index (χ1v) is 6.34. The Labute approximate surface area is 112 Å². The minimum atomic E-state index is -0.156. The van der Waals surface area contributed by atoms with Crippen molar-refractivity contribution in [2.75, 3.05) is 6.61 Å². The van der Waals surface area contributed by atoms with Crippen LogP contribution in [0.15, 0.2) is 35.2 Å². The topological polar surface area (TPSA) is 73.3 Å². The Hall–Kier alpha value is -1.85. The number of aryl methyl sites for hydroxylation is 1. The van der Waals surface area contributed by atoms with Crippen LogP contribution in [0.4, 0.5) is 0 Å². The Morgan fingerprint density at radius 3 is 2.95 bits per heavy atom. The van der Waals surface area contributed by atoms with E-state index in [0.29, 0.717) is 6.61 Å². The first-order valence-electron chi connectivity index (χ1n) is 6.34. The molecule has 2 aromatic heterocycles. The van der Waals surface area contributed by atoms with Crippen LogP contribution in [0.1, 0.15) is 36.3 Å². The van der Waals surface area contributed by atoms with Gasteiger partial charge in [-0.3, -0.25) is 10.8 Å². The van der Waals surface area contributed by atoms with Gasteiger partial charge in [0.2, 0.25) is 0 Å². The molecule has 5 nitrogen and oxygen atoms in total. The van der Waals surface area contributed by atoms with Gasteiger partial charge >= 0.3 is 0 Å². The largest absolute Gasteiger partial charge is 0.492 e. The molecule has 0 aromatic carbocycles. The van der Waals surface area contributed by atoms with E-state index in [1.54, 1.807) is 18.7 Å². The molecule has 0 amide bonds. The first-order chi connectivity index (χ1) is 9.26. The molecule has 19 heavy (non-hydrogen) atoms. The summed E-state index contributed by atoms with van der Waals surface area (Å²) in [5, 5.41) is 0. The van der Waals surface area contributed by atoms with Gasteiger partial charge in [0.25, 0.3) is 0 Å². The molecular weight excluding hydrogens is 242 g/mol. The molecule has 0 saturated heterocycles. The smallest absolute Gasteiger partial charge is 0.137 e. The van der Waals surface area contributed by atoms with Gasteiger partial charge in [0.15, 0.2) is 0 Å². The zero-order valence-electron chi connectivity index (χ0n) is 11.2. The van der Waals surface area contributed by atoms with Crippen LogP contribution in [0.3, 0.4) is 0 Å². The van der Waals surface area contributed by atoms with Gasteiger partial charge in [0.1, 0.15) is 11.5 Å². The van der Waals surface area contributed by atoms with E-state index in [4.69, 9.17) is 15.0 Å². The molecule has 3 N–H and O–H groups in total. The van der Waals surface area contributed by atoms with Gasteiger partial charge in [-0.25, -0.2) is 5.43 Å². The number of rotatable bonds is 6. The SMILES string of the molecule is CCCOc1cncc(C(NN)c2ccoc2C)c1. The summed E-state index contributed by atoms with van der Waals surface area (Å²) >= 11 is 0. The zero-order valence-corrected chi connectivity index (χ0v) is 11.2. The van der Waals surface area contributed by atoms with Gasteiger partial charge in [-0.1, -0.05) is 6.92 Å². The average molecular weight is 261 g/mol. The summed E-state index contributed by atoms with van der Waals surface area (Å²) in [5.74, 6) is 7.24. The maximum atomic E-state index is 5.65. The molecule has 0 radical (unpaired) electrons. The van der Waals surface area contributed by atoms with Crippen molar-refractivity contribution in [2.45, 2.75) is 26.3 Å². The van der Waals surface area contributed by atoms with Crippen molar-refractivity contribution in [1.29, 1.82) is 0 Å². The number of furan rings is 1. The molecule has 0 saturated carbocycles. The Kier molecular flexibility index (Phi) is 4.54. The van der Waals surface area contributed by atoms with Crippen LogP contribution in [0.5, 0.6) is 5.75 Å². The standard InChI is InChI=1S/C14H19N3O2/c1-3-5-19-12-7-11(8-16-9-12)14(17-15)13-4-6-18-10(13)2/h4,6-9,14,17H,3,5,15H2,1-2H3. The van der Waals surface area contributed by atoms with Gasteiger partial charge < -0.3 is 9.15 Å². The molecule has 1 unspecified atom stereocenters. The number of hydrogen-bond acceptors (Lipinski definition) is 5. The molecule has 2 heterocycles. The lowest BCUT2D eigenvalue weighted by atomic mass is 10.0.